The Morgan fingerprint density at radius 2 is 1.82 bits per heavy atom. The molecule has 0 bridgehead atoms. The number of rotatable bonds is 6. The largest absolute Gasteiger partial charge is 0.363 e. The highest BCUT2D eigenvalue weighted by molar-refractivity contribution is 7.92. The van der Waals surface area contributed by atoms with Crippen LogP contribution in [0.2, 0.25) is 0 Å². The quantitative estimate of drug-likeness (QED) is 0.421. The molecule has 4 rings (SSSR count). The van der Waals surface area contributed by atoms with Crippen molar-refractivity contribution in [2.24, 2.45) is 7.05 Å². The van der Waals surface area contributed by atoms with E-state index in [0.29, 0.717) is 23.6 Å². The molecular weight excluding hydrogens is 458 g/mol. The third kappa shape index (κ3) is 4.18. The molecule has 3 aromatic rings. The van der Waals surface area contributed by atoms with Crippen molar-refractivity contribution in [2.75, 3.05) is 16.2 Å². The lowest BCUT2D eigenvalue weighted by molar-refractivity contribution is -0.384. The summed E-state index contributed by atoms with van der Waals surface area (Å²) in [5.41, 5.74) is 0.470. The molecule has 1 unspecified atom stereocenters. The maximum atomic E-state index is 13.2. The van der Waals surface area contributed by atoms with Gasteiger partial charge in [-0.15, -0.1) is 0 Å². The van der Waals surface area contributed by atoms with Crippen LogP contribution in [0, 0.1) is 17.0 Å². The van der Waals surface area contributed by atoms with Crippen LogP contribution in [-0.2, 0) is 17.1 Å². The van der Waals surface area contributed by atoms with E-state index < -0.39 is 20.5 Å². The maximum Gasteiger partial charge on any atom is 0.296 e. The molecule has 180 valence electrons. The third-order valence-corrected chi connectivity index (χ3v) is 7.70. The minimum atomic E-state index is -4.26. The number of sulfonamides is 1. The normalized spacial score (nSPS) is 16.4. The Kier molecular flexibility index (Phi) is 6.22. The molecule has 0 radical (unpaired) electrons. The van der Waals surface area contributed by atoms with Crippen LogP contribution < -0.4 is 15.2 Å². The van der Waals surface area contributed by atoms with E-state index in [4.69, 9.17) is 0 Å². The number of anilines is 2. The first kappa shape index (κ1) is 23.6. The van der Waals surface area contributed by atoms with E-state index in [1.54, 1.807) is 42.9 Å². The molecule has 0 saturated carbocycles. The number of piperidine rings is 1. The van der Waals surface area contributed by atoms with E-state index in [0.717, 1.165) is 25.3 Å². The number of hydrogen-bond acceptors (Lipinski definition) is 6. The molecule has 1 aliphatic rings. The van der Waals surface area contributed by atoms with Gasteiger partial charge in [-0.3, -0.25) is 24.3 Å². The Balaban J connectivity index is 1.73. The average molecular weight is 486 g/mol. The van der Waals surface area contributed by atoms with E-state index in [-0.39, 0.29) is 22.3 Å². The third-order valence-electron chi connectivity index (χ3n) is 6.36. The highest BCUT2D eigenvalue weighted by atomic mass is 32.2. The molecule has 11 heteroatoms. The summed E-state index contributed by atoms with van der Waals surface area (Å²) in [6.07, 6.45) is 2.89. The highest BCUT2D eigenvalue weighted by Gasteiger charge is 2.29. The van der Waals surface area contributed by atoms with E-state index >= 15 is 0 Å². The van der Waals surface area contributed by atoms with E-state index in [1.807, 2.05) is 17.9 Å². The molecule has 34 heavy (non-hydrogen) atoms. The van der Waals surface area contributed by atoms with Crippen molar-refractivity contribution in [3.8, 4) is 5.69 Å². The Labute approximate surface area is 197 Å². The molecule has 1 atom stereocenters. The van der Waals surface area contributed by atoms with Crippen LogP contribution in [0.15, 0.2) is 58.2 Å². The standard InChI is InChI=1S/C23H27N5O5S/c1-16-9-7-8-14-26(16)20-13-12-19(15-21(20)28(30)31)34(32,33)24-22-17(2)25(3)27(23(22)29)18-10-5-4-6-11-18/h4-6,10-13,15-16,24H,7-9,14H2,1-3H3. The zero-order valence-electron chi connectivity index (χ0n) is 19.3. The van der Waals surface area contributed by atoms with Gasteiger partial charge in [-0.1, -0.05) is 18.2 Å². The first-order valence-electron chi connectivity index (χ1n) is 11.0. The second-order valence-corrected chi connectivity index (χ2v) is 10.2. The van der Waals surface area contributed by atoms with E-state index in [1.165, 1.54) is 16.8 Å². The van der Waals surface area contributed by atoms with Gasteiger partial charge in [0.05, 0.1) is 21.2 Å². The molecule has 2 aromatic carbocycles. The van der Waals surface area contributed by atoms with Gasteiger partial charge in [0.15, 0.2) is 0 Å². The number of nitrogens with zero attached hydrogens (tertiary/aromatic N) is 4. The van der Waals surface area contributed by atoms with Crippen LogP contribution in [0.25, 0.3) is 5.69 Å². The van der Waals surface area contributed by atoms with Gasteiger partial charge >= 0.3 is 0 Å². The lowest BCUT2D eigenvalue weighted by Gasteiger charge is -2.35. The molecular formula is C23H27N5O5S. The van der Waals surface area contributed by atoms with Gasteiger partial charge in [0.1, 0.15) is 11.4 Å². The highest BCUT2D eigenvalue weighted by Crippen LogP contribution is 2.35. The number of para-hydroxylation sites is 1. The fraction of sp³-hybridized carbons (Fsp3) is 0.348. The molecule has 1 fully saturated rings. The van der Waals surface area contributed by atoms with Gasteiger partial charge in [0.2, 0.25) is 0 Å². The molecule has 0 aliphatic carbocycles. The molecule has 1 aromatic heterocycles. The Bertz CT molecular complexity index is 1400. The summed E-state index contributed by atoms with van der Waals surface area (Å²) in [5, 5.41) is 11.8. The number of hydrogen-bond donors (Lipinski definition) is 1. The summed E-state index contributed by atoms with van der Waals surface area (Å²) >= 11 is 0. The van der Waals surface area contributed by atoms with Crippen LogP contribution >= 0.6 is 0 Å². The number of aromatic nitrogens is 2. The first-order valence-corrected chi connectivity index (χ1v) is 12.5. The van der Waals surface area contributed by atoms with Gasteiger partial charge in [0.25, 0.3) is 21.3 Å². The predicted molar refractivity (Wildman–Crippen MR) is 130 cm³/mol. The molecule has 1 saturated heterocycles. The van der Waals surface area contributed by atoms with Crippen LogP contribution in [0.4, 0.5) is 17.1 Å². The number of nitro benzene ring substituents is 1. The minimum absolute atomic E-state index is 0.109. The lowest BCUT2D eigenvalue weighted by atomic mass is 10.0. The number of nitro groups is 1. The van der Waals surface area contributed by atoms with Crippen molar-refractivity contribution in [1.29, 1.82) is 0 Å². The molecule has 10 nitrogen and oxygen atoms in total. The SMILES string of the molecule is Cc1c(NS(=O)(=O)c2ccc(N3CCCCC3C)c([N+](=O)[O-])c2)c(=O)n(-c2ccccc2)n1C. The average Bonchev–Trinajstić information content (AvgIpc) is 3.02. The van der Waals surface area contributed by atoms with Gasteiger partial charge in [-0.25, -0.2) is 13.1 Å². The second-order valence-electron chi connectivity index (χ2n) is 8.49. The summed E-state index contributed by atoms with van der Waals surface area (Å²) in [6.45, 7) is 4.31. The Hall–Kier alpha value is -3.60. The molecule has 2 heterocycles. The fourth-order valence-corrected chi connectivity index (χ4v) is 5.53. The van der Waals surface area contributed by atoms with Crippen LogP contribution in [0.3, 0.4) is 0 Å². The van der Waals surface area contributed by atoms with Crippen molar-refractivity contribution in [3.63, 3.8) is 0 Å². The van der Waals surface area contributed by atoms with Crippen molar-refractivity contribution < 1.29 is 13.3 Å². The molecule has 0 spiro atoms. The minimum Gasteiger partial charge on any atom is -0.363 e. The second kappa shape index (κ2) is 8.98. The summed E-state index contributed by atoms with van der Waals surface area (Å²) in [4.78, 5) is 26.0. The van der Waals surface area contributed by atoms with Crippen molar-refractivity contribution in [2.45, 2.75) is 44.0 Å². The van der Waals surface area contributed by atoms with Gasteiger partial charge < -0.3 is 4.90 Å². The summed E-state index contributed by atoms with van der Waals surface area (Å²) in [6, 6.07) is 12.9. The fourth-order valence-electron chi connectivity index (χ4n) is 4.39. The van der Waals surface area contributed by atoms with Crippen LogP contribution in [0.5, 0.6) is 0 Å². The number of nitrogens with one attached hydrogen (secondary N) is 1. The first-order chi connectivity index (χ1) is 16.1. The Morgan fingerprint density at radius 1 is 1.12 bits per heavy atom. The van der Waals surface area contributed by atoms with Gasteiger partial charge in [0, 0.05) is 25.7 Å². The zero-order chi connectivity index (χ0) is 24.6. The molecule has 1 N–H and O–H groups in total. The number of benzene rings is 2. The maximum absolute atomic E-state index is 13.2. The molecule has 1 aliphatic heterocycles. The smallest absolute Gasteiger partial charge is 0.296 e. The summed E-state index contributed by atoms with van der Waals surface area (Å²) in [5.74, 6) is 0. The monoisotopic (exact) mass is 485 g/mol. The van der Waals surface area contributed by atoms with E-state index in [9.17, 15) is 23.3 Å². The summed E-state index contributed by atoms with van der Waals surface area (Å²) in [7, 11) is -2.61. The Morgan fingerprint density at radius 3 is 2.47 bits per heavy atom. The van der Waals surface area contributed by atoms with Gasteiger partial charge in [-0.05, 0) is 57.4 Å². The van der Waals surface area contributed by atoms with Crippen molar-refractivity contribution in [1.82, 2.24) is 9.36 Å². The van der Waals surface area contributed by atoms with Crippen molar-refractivity contribution in [3.05, 3.63) is 74.7 Å². The lowest BCUT2D eigenvalue weighted by Crippen LogP contribution is -2.37. The van der Waals surface area contributed by atoms with Crippen LogP contribution in [0.1, 0.15) is 31.9 Å². The summed E-state index contributed by atoms with van der Waals surface area (Å²) < 4.78 is 31.6. The van der Waals surface area contributed by atoms with E-state index in [2.05, 4.69) is 4.72 Å². The van der Waals surface area contributed by atoms with Crippen LogP contribution in [-0.4, -0.2) is 35.3 Å². The predicted octanol–water partition coefficient (Wildman–Crippen LogP) is 3.57. The van der Waals surface area contributed by atoms with Gasteiger partial charge in [-0.2, -0.15) is 0 Å². The zero-order valence-corrected chi connectivity index (χ0v) is 20.1. The molecule has 0 amide bonds. The van der Waals surface area contributed by atoms with Crippen molar-refractivity contribution >= 4 is 27.1 Å². The topological polar surface area (TPSA) is 119 Å².